The van der Waals surface area contributed by atoms with Crippen LogP contribution in [0.5, 0.6) is 0 Å². The fourth-order valence-corrected chi connectivity index (χ4v) is 4.89. The second kappa shape index (κ2) is 10.1. The minimum absolute atomic E-state index is 0.0324. The smallest absolute Gasteiger partial charge is 0.342 e. The first-order valence-corrected chi connectivity index (χ1v) is 12.5. The number of nitrogens with one attached hydrogen (secondary N) is 2. The number of nitrogens with zero attached hydrogens (tertiary/aromatic N) is 4. The Morgan fingerprint density at radius 2 is 1.66 bits per heavy atom. The zero-order valence-electron chi connectivity index (χ0n) is 19.9. The highest BCUT2D eigenvalue weighted by atomic mass is 32.2. The van der Waals surface area contributed by atoms with Gasteiger partial charge in [-0.1, -0.05) is 6.07 Å². The minimum Gasteiger partial charge on any atom is -0.342 e. The predicted octanol–water partition coefficient (Wildman–Crippen LogP) is 3.88. The Kier molecular flexibility index (Phi) is 7.25. The standard InChI is InChI=1S/C23H21F5N6O3S/c1-33-17-12-29-22(31-13-6-8-14(9-7-13)38(36,37)30-11-10-23(26,27)28)32-20(17)34(2)19(21(33)35)18-15(24)4-3-5-16(18)25/h3-9,12,19,30H,10-11H2,1-2H3,(H,29,31,32). The predicted molar refractivity (Wildman–Crippen MR) is 129 cm³/mol. The van der Waals surface area contributed by atoms with Crippen LogP contribution in [0.15, 0.2) is 53.6 Å². The molecule has 9 nitrogen and oxygen atoms in total. The molecule has 1 aliphatic heterocycles. The number of benzene rings is 2. The molecular formula is C23H21F5N6O3S. The molecule has 0 saturated carbocycles. The van der Waals surface area contributed by atoms with Crippen molar-refractivity contribution in [2.75, 3.05) is 35.8 Å². The molecule has 2 N–H and O–H groups in total. The van der Waals surface area contributed by atoms with Crippen LogP contribution in [0.4, 0.5) is 45.1 Å². The normalized spacial score (nSPS) is 16.0. The molecule has 0 spiro atoms. The number of carbonyl (C=O) groups excluding carboxylic acids is 1. The van der Waals surface area contributed by atoms with Crippen LogP contribution < -0.4 is 19.8 Å². The van der Waals surface area contributed by atoms with E-state index in [2.05, 4.69) is 15.3 Å². The number of fused-ring (bicyclic) bond motifs is 1. The van der Waals surface area contributed by atoms with Gasteiger partial charge in [0, 0.05) is 26.3 Å². The van der Waals surface area contributed by atoms with Crippen LogP contribution >= 0.6 is 0 Å². The molecule has 38 heavy (non-hydrogen) atoms. The van der Waals surface area contributed by atoms with E-state index in [0.29, 0.717) is 11.4 Å². The minimum atomic E-state index is -4.50. The van der Waals surface area contributed by atoms with Crippen LogP contribution in [0, 0.1) is 11.6 Å². The summed E-state index contributed by atoms with van der Waals surface area (Å²) in [5, 5.41) is 2.86. The summed E-state index contributed by atoms with van der Waals surface area (Å²) in [6.07, 6.45) is -4.46. The lowest BCUT2D eigenvalue weighted by molar-refractivity contribution is -0.132. The van der Waals surface area contributed by atoms with Crippen molar-refractivity contribution in [3.63, 3.8) is 0 Å². The van der Waals surface area contributed by atoms with Gasteiger partial charge in [-0.15, -0.1) is 0 Å². The first-order valence-electron chi connectivity index (χ1n) is 11.0. The molecule has 2 heterocycles. The second-order valence-electron chi connectivity index (χ2n) is 8.36. The summed E-state index contributed by atoms with van der Waals surface area (Å²) in [5.74, 6) is -2.13. The van der Waals surface area contributed by atoms with E-state index in [9.17, 15) is 35.2 Å². The fourth-order valence-electron chi connectivity index (χ4n) is 3.86. The van der Waals surface area contributed by atoms with Gasteiger partial charge in [0.2, 0.25) is 16.0 Å². The van der Waals surface area contributed by atoms with Crippen molar-refractivity contribution in [3.8, 4) is 0 Å². The Morgan fingerprint density at radius 1 is 1.03 bits per heavy atom. The molecule has 1 amide bonds. The van der Waals surface area contributed by atoms with Gasteiger partial charge in [0.05, 0.1) is 23.1 Å². The molecule has 0 aliphatic carbocycles. The molecule has 4 rings (SSSR count). The van der Waals surface area contributed by atoms with Crippen molar-refractivity contribution in [1.82, 2.24) is 14.7 Å². The quantitative estimate of drug-likeness (QED) is 0.426. The number of aromatic nitrogens is 2. The molecule has 2 aromatic carbocycles. The summed E-state index contributed by atoms with van der Waals surface area (Å²) in [5.41, 5.74) is 0.215. The highest BCUT2D eigenvalue weighted by Gasteiger charge is 2.40. The Hall–Kier alpha value is -3.85. The van der Waals surface area contributed by atoms with Crippen LogP contribution in [0.1, 0.15) is 18.0 Å². The van der Waals surface area contributed by atoms with E-state index in [0.717, 1.165) is 12.1 Å². The number of rotatable bonds is 7. The van der Waals surface area contributed by atoms with E-state index < -0.39 is 58.3 Å². The molecule has 1 atom stereocenters. The fraction of sp³-hybridized carbons (Fsp3) is 0.261. The summed E-state index contributed by atoms with van der Waals surface area (Å²) in [7, 11) is -1.27. The summed E-state index contributed by atoms with van der Waals surface area (Å²) in [6, 6.07) is 7.06. The molecule has 0 fully saturated rings. The number of hydrogen-bond acceptors (Lipinski definition) is 7. The zero-order chi connectivity index (χ0) is 27.8. The van der Waals surface area contributed by atoms with Crippen molar-refractivity contribution in [2.45, 2.75) is 23.5 Å². The second-order valence-corrected chi connectivity index (χ2v) is 10.1. The van der Waals surface area contributed by atoms with E-state index in [-0.39, 0.29) is 16.7 Å². The van der Waals surface area contributed by atoms with Crippen LogP contribution in [-0.4, -0.2) is 51.1 Å². The lowest BCUT2D eigenvalue weighted by Crippen LogP contribution is -2.46. The number of anilines is 4. The Bertz CT molecular complexity index is 1450. The Morgan fingerprint density at radius 3 is 2.26 bits per heavy atom. The van der Waals surface area contributed by atoms with Crippen molar-refractivity contribution in [3.05, 3.63) is 65.9 Å². The molecule has 1 aromatic heterocycles. The number of hydrogen-bond donors (Lipinski definition) is 2. The largest absolute Gasteiger partial charge is 0.390 e. The van der Waals surface area contributed by atoms with Crippen molar-refractivity contribution >= 4 is 39.1 Å². The van der Waals surface area contributed by atoms with Crippen molar-refractivity contribution < 1.29 is 35.2 Å². The van der Waals surface area contributed by atoms with Crippen LogP contribution in [0.2, 0.25) is 0 Å². The van der Waals surface area contributed by atoms with E-state index in [1.54, 1.807) is 0 Å². The number of halogens is 5. The van der Waals surface area contributed by atoms with Gasteiger partial charge < -0.3 is 15.1 Å². The maximum Gasteiger partial charge on any atom is 0.390 e. The van der Waals surface area contributed by atoms with Crippen molar-refractivity contribution in [1.29, 1.82) is 0 Å². The number of sulfonamides is 1. The average Bonchev–Trinajstić information content (AvgIpc) is 2.84. The molecule has 1 unspecified atom stereocenters. The van der Waals surface area contributed by atoms with E-state index in [4.69, 9.17) is 0 Å². The lowest BCUT2D eigenvalue weighted by atomic mass is 10.0. The molecular weight excluding hydrogens is 535 g/mol. The Balaban J connectivity index is 1.55. The SMILES string of the molecule is CN1C(=O)C(c2c(F)cccc2F)N(C)c2nc(Nc3ccc(S(=O)(=O)NCCC(F)(F)F)cc3)ncc21. The third kappa shape index (κ3) is 5.52. The third-order valence-electron chi connectivity index (χ3n) is 5.79. The topological polar surface area (TPSA) is 108 Å². The van der Waals surface area contributed by atoms with Gasteiger partial charge in [0.15, 0.2) is 5.82 Å². The van der Waals surface area contributed by atoms with Gasteiger partial charge in [-0.3, -0.25) is 4.79 Å². The maximum absolute atomic E-state index is 14.5. The van der Waals surface area contributed by atoms with E-state index in [1.807, 2.05) is 4.72 Å². The number of likely N-dealkylation sites (N-methyl/N-ethyl adjacent to an activating group) is 2. The molecule has 202 valence electrons. The monoisotopic (exact) mass is 556 g/mol. The van der Waals surface area contributed by atoms with Gasteiger partial charge in [0.25, 0.3) is 5.91 Å². The Labute approximate surface area is 214 Å². The van der Waals surface area contributed by atoms with E-state index in [1.165, 1.54) is 60.4 Å². The number of alkyl halides is 3. The highest BCUT2D eigenvalue weighted by molar-refractivity contribution is 7.89. The zero-order valence-corrected chi connectivity index (χ0v) is 20.7. The van der Waals surface area contributed by atoms with Crippen LogP contribution in [0.3, 0.4) is 0 Å². The summed E-state index contributed by atoms with van der Waals surface area (Å²) in [4.78, 5) is 23.8. The van der Waals surface area contributed by atoms with Gasteiger partial charge in [0.1, 0.15) is 23.4 Å². The van der Waals surface area contributed by atoms with Crippen molar-refractivity contribution in [2.24, 2.45) is 0 Å². The number of amides is 1. The van der Waals surface area contributed by atoms with Gasteiger partial charge in [-0.25, -0.2) is 26.9 Å². The van der Waals surface area contributed by atoms with Gasteiger partial charge in [-0.2, -0.15) is 18.2 Å². The molecule has 0 radical (unpaired) electrons. The lowest BCUT2D eigenvalue weighted by Gasteiger charge is -2.38. The summed E-state index contributed by atoms with van der Waals surface area (Å²) < 4.78 is 92.2. The molecule has 0 bridgehead atoms. The molecule has 0 saturated heterocycles. The highest BCUT2D eigenvalue weighted by Crippen LogP contribution is 2.40. The molecule has 3 aromatic rings. The average molecular weight is 557 g/mol. The first kappa shape index (κ1) is 27.2. The third-order valence-corrected chi connectivity index (χ3v) is 7.27. The van der Waals surface area contributed by atoms with Crippen LogP contribution in [0.25, 0.3) is 0 Å². The van der Waals surface area contributed by atoms with Gasteiger partial charge in [-0.05, 0) is 36.4 Å². The molecule has 15 heteroatoms. The molecule has 1 aliphatic rings. The number of carbonyl (C=O) groups is 1. The van der Waals surface area contributed by atoms with Crippen LogP contribution in [-0.2, 0) is 14.8 Å². The first-order chi connectivity index (χ1) is 17.8. The van der Waals surface area contributed by atoms with E-state index >= 15 is 0 Å². The maximum atomic E-state index is 14.5. The van der Waals surface area contributed by atoms with Gasteiger partial charge >= 0.3 is 6.18 Å². The summed E-state index contributed by atoms with van der Waals surface area (Å²) >= 11 is 0. The summed E-state index contributed by atoms with van der Waals surface area (Å²) in [6.45, 7) is -0.795.